The Morgan fingerprint density at radius 3 is 2.52 bits per heavy atom. The molecule has 0 radical (unpaired) electrons. The molecule has 0 N–H and O–H groups in total. The first-order chi connectivity index (χ1) is 10.1. The molecule has 0 saturated carbocycles. The van der Waals surface area contributed by atoms with Gasteiger partial charge in [-0.1, -0.05) is 25.1 Å². The summed E-state index contributed by atoms with van der Waals surface area (Å²) in [5.74, 6) is 1.65. The summed E-state index contributed by atoms with van der Waals surface area (Å²) in [5.41, 5.74) is 0. The van der Waals surface area contributed by atoms with Gasteiger partial charge in [-0.15, -0.1) is 11.8 Å². The van der Waals surface area contributed by atoms with Crippen LogP contribution in [-0.4, -0.2) is 44.9 Å². The molecule has 1 aliphatic rings. The van der Waals surface area contributed by atoms with E-state index in [0.29, 0.717) is 0 Å². The van der Waals surface area contributed by atoms with Gasteiger partial charge in [0, 0.05) is 40.3 Å². The van der Waals surface area contributed by atoms with Crippen molar-refractivity contribution < 1.29 is 9.00 Å². The summed E-state index contributed by atoms with van der Waals surface area (Å²) in [6.45, 7) is 2.06. The summed E-state index contributed by atoms with van der Waals surface area (Å²) in [7, 11) is 1.22. The van der Waals surface area contributed by atoms with Crippen LogP contribution in [-0.2, 0) is 15.6 Å². The van der Waals surface area contributed by atoms with Gasteiger partial charge in [0.2, 0.25) is 5.91 Å². The Kier molecular flexibility index (Phi) is 6.30. The number of benzene rings is 1. The van der Waals surface area contributed by atoms with Gasteiger partial charge in [0.1, 0.15) is 0 Å². The van der Waals surface area contributed by atoms with Crippen LogP contribution in [0.5, 0.6) is 0 Å². The fourth-order valence-electron chi connectivity index (χ4n) is 2.55. The molecule has 1 amide bonds. The topological polar surface area (TPSA) is 37.4 Å². The van der Waals surface area contributed by atoms with Gasteiger partial charge in [-0.3, -0.25) is 9.00 Å². The molecule has 3 nitrogen and oxygen atoms in total. The lowest BCUT2D eigenvalue weighted by Crippen LogP contribution is -2.44. The molecule has 0 bridgehead atoms. The van der Waals surface area contributed by atoms with Crippen LogP contribution in [0.1, 0.15) is 26.2 Å². The van der Waals surface area contributed by atoms with Crippen molar-refractivity contribution in [3.05, 3.63) is 30.3 Å². The quantitative estimate of drug-likeness (QED) is 0.781. The van der Waals surface area contributed by atoms with E-state index in [-0.39, 0.29) is 17.2 Å². The van der Waals surface area contributed by atoms with Crippen molar-refractivity contribution in [3.8, 4) is 0 Å². The Hall–Kier alpha value is -0.810. The Morgan fingerprint density at radius 1 is 1.33 bits per heavy atom. The second-order valence-electron chi connectivity index (χ2n) is 5.36. The summed E-state index contributed by atoms with van der Waals surface area (Å²) in [6.07, 6.45) is 2.55. The zero-order valence-corrected chi connectivity index (χ0v) is 14.3. The van der Waals surface area contributed by atoms with Crippen molar-refractivity contribution in [1.82, 2.24) is 4.90 Å². The summed E-state index contributed by atoms with van der Waals surface area (Å²) < 4.78 is 11.4. The number of thioether (sulfide) groups is 1. The highest BCUT2D eigenvalue weighted by Gasteiger charge is 2.29. The molecule has 0 unspecified atom stereocenters. The van der Waals surface area contributed by atoms with E-state index in [2.05, 4.69) is 6.92 Å². The molecule has 1 heterocycles. The van der Waals surface area contributed by atoms with Crippen molar-refractivity contribution in [2.45, 2.75) is 42.4 Å². The highest BCUT2D eigenvalue weighted by molar-refractivity contribution is 8.00. The molecule has 116 valence electrons. The zero-order chi connectivity index (χ0) is 15.2. The average molecular weight is 325 g/mol. The minimum absolute atomic E-state index is 0.0372. The van der Waals surface area contributed by atoms with Gasteiger partial charge in [0.25, 0.3) is 0 Å². The third-order valence-electron chi connectivity index (χ3n) is 3.92. The van der Waals surface area contributed by atoms with E-state index in [1.54, 1.807) is 11.8 Å². The molecule has 1 aromatic carbocycles. The molecular weight excluding hydrogens is 302 g/mol. The standard InChI is InChI=1S/C16H23NO2S2/c1-3-15(20-14-7-5-4-6-8-14)16(18)17(2)13-9-11-21(19)12-10-13/h4-8,13,15H,3,9-12H2,1-2H3/t13?,15-,21?/m1/s1. The Labute approximate surface area is 133 Å². The fourth-order valence-corrected chi connectivity index (χ4v) is 4.90. The number of hydrogen-bond acceptors (Lipinski definition) is 3. The molecule has 1 saturated heterocycles. The first-order valence-electron chi connectivity index (χ1n) is 7.45. The molecule has 1 aromatic rings. The molecule has 1 fully saturated rings. The minimum atomic E-state index is -0.678. The van der Waals surface area contributed by atoms with Gasteiger partial charge in [-0.05, 0) is 31.4 Å². The van der Waals surface area contributed by atoms with E-state index in [9.17, 15) is 9.00 Å². The second-order valence-corrected chi connectivity index (χ2v) is 8.33. The lowest BCUT2D eigenvalue weighted by atomic mass is 10.1. The van der Waals surface area contributed by atoms with Gasteiger partial charge in [0.05, 0.1) is 5.25 Å². The molecule has 5 heteroatoms. The Morgan fingerprint density at radius 2 is 1.95 bits per heavy atom. The van der Waals surface area contributed by atoms with Gasteiger partial charge in [-0.25, -0.2) is 0 Å². The molecule has 1 atom stereocenters. The van der Waals surface area contributed by atoms with Crippen LogP contribution < -0.4 is 0 Å². The van der Waals surface area contributed by atoms with Crippen LogP contribution in [0.2, 0.25) is 0 Å². The van der Waals surface area contributed by atoms with E-state index in [0.717, 1.165) is 35.7 Å². The van der Waals surface area contributed by atoms with Crippen LogP contribution in [0.15, 0.2) is 35.2 Å². The smallest absolute Gasteiger partial charge is 0.236 e. The third kappa shape index (κ3) is 4.58. The van der Waals surface area contributed by atoms with Crippen LogP contribution in [0.3, 0.4) is 0 Å². The summed E-state index contributed by atoms with van der Waals surface area (Å²) >= 11 is 1.64. The monoisotopic (exact) mass is 325 g/mol. The maximum Gasteiger partial charge on any atom is 0.236 e. The number of hydrogen-bond donors (Lipinski definition) is 0. The lowest BCUT2D eigenvalue weighted by Gasteiger charge is -2.33. The first kappa shape index (κ1) is 16.6. The van der Waals surface area contributed by atoms with Crippen molar-refractivity contribution in [1.29, 1.82) is 0 Å². The van der Waals surface area contributed by atoms with Crippen LogP contribution in [0.25, 0.3) is 0 Å². The minimum Gasteiger partial charge on any atom is -0.342 e. The normalized spacial score (nSPS) is 23.5. The number of nitrogens with zero attached hydrogens (tertiary/aromatic N) is 1. The number of carbonyl (C=O) groups is 1. The molecule has 0 aliphatic carbocycles. The highest BCUT2D eigenvalue weighted by Crippen LogP contribution is 2.27. The van der Waals surface area contributed by atoms with Crippen LogP contribution in [0, 0.1) is 0 Å². The second kappa shape index (κ2) is 7.99. The number of carbonyl (C=O) groups excluding carboxylic acids is 1. The van der Waals surface area contributed by atoms with E-state index in [1.165, 1.54) is 0 Å². The van der Waals surface area contributed by atoms with Crippen molar-refractivity contribution in [2.24, 2.45) is 0 Å². The van der Waals surface area contributed by atoms with Gasteiger partial charge < -0.3 is 4.90 Å². The lowest BCUT2D eigenvalue weighted by molar-refractivity contribution is -0.131. The number of amides is 1. The summed E-state index contributed by atoms with van der Waals surface area (Å²) in [6, 6.07) is 10.3. The maximum absolute atomic E-state index is 12.7. The summed E-state index contributed by atoms with van der Waals surface area (Å²) in [5, 5.41) is -0.0372. The predicted octanol–water partition coefficient (Wildman–Crippen LogP) is 2.93. The number of rotatable bonds is 5. The third-order valence-corrected chi connectivity index (χ3v) is 6.67. The zero-order valence-electron chi connectivity index (χ0n) is 12.7. The van der Waals surface area contributed by atoms with Crippen molar-refractivity contribution in [3.63, 3.8) is 0 Å². The molecule has 2 rings (SSSR count). The molecular formula is C16H23NO2S2. The van der Waals surface area contributed by atoms with Gasteiger partial charge >= 0.3 is 0 Å². The summed E-state index contributed by atoms with van der Waals surface area (Å²) in [4.78, 5) is 15.7. The van der Waals surface area contributed by atoms with Crippen LogP contribution >= 0.6 is 11.8 Å². The molecule has 1 aliphatic heterocycles. The molecule has 0 aromatic heterocycles. The van der Waals surface area contributed by atoms with E-state index in [1.807, 2.05) is 42.3 Å². The fraction of sp³-hybridized carbons (Fsp3) is 0.562. The average Bonchev–Trinajstić information content (AvgIpc) is 2.53. The molecule has 21 heavy (non-hydrogen) atoms. The van der Waals surface area contributed by atoms with E-state index >= 15 is 0 Å². The van der Waals surface area contributed by atoms with Crippen molar-refractivity contribution in [2.75, 3.05) is 18.6 Å². The molecule has 0 spiro atoms. The highest BCUT2D eigenvalue weighted by atomic mass is 32.2. The first-order valence-corrected chi connectivity index (χ1v) is 9.82. The Bertz CT molecular complexity index is 482. The van der Waals surface area contributed by atoms with E-state index < -0.39 is 10.8 Å². The maximum atomic E-state index is 12.7. The SMILES string of the molecule is CC[C@@H](Sc1ccccc1)C(=O)N(C)C1CCS(=O)CC1. The van der Waals surface area contributed by atoms with Gasteiger partial charge in [0.15, 0.2) is 0 Å². The van der Waals surface area contributed by atoms with E-state index in [4.69, 9.17) is 0 Å². The largest absolute Gasteiger partial charge is 0.342 e. The van der Waals surface area contributed by atoms with Gasteiger partial charge in [-0.2, -0.15) is 0 Å². The van der Waals surface area contributed by atoms with Crippen molar-refractivity contribution >= 4 is 28.5 Å². The van der Waals surface area contributed by atoms with Crippen LogP contribution in [0.4, 0.5) is 0 Å². The Balaban J connectivity index is 1.97. The predicted molar refractivity (Wildman–Crippen MR) is 90.0 cm³/mol.